The van der Waals surface area contributed by atoms with Gasteiger partial charge in [-0.05, 0) is 36.8 Å². The number of nitrogens with zero attached hydrogens (tertiary/aromatic N) is 2. The Morgan fingerprint density at radius 3 is 2.77 bits per heavy atom. The number of carbonyl (C=O) groups excluding carboxylic acids is 1. The zero-order chi connectivity index (χ0) is 18.3. The van der Waals surface area contributed by atoms with Gasteiger partial charge in [0.15, 0.2) is 0 Å². The van der Waals surface area contributed by atoms with Crippen LogP contribution in [-0.2, 0) is 7.05 Å². The Morgan fingerprint density at radius 2 is 2.00 bits per heavy atom. The van der Waals surface area contributed by atoms with E-state index >= 15 is 0 Å². The molecule has 2 heterocycles. The number of aromatic nitrogens is 2. The second-order valence-electron chi connectivity index (χ2n) is 6.10. The molecule has 1 amide bonds. The molecule has 0 unspecified atom stereocenters. The third kappa shape index (κ3) is 2.88. The van der Waals surface area contributed by atoms with Crippen LogP contribution in [0.15, 0.2) is 53.9 Å². The Balaban J connectivity index is 1.61. The summed E-state index contributed by atoms with van der Waals surface area (Å²) in [6, 6.07) is 14.8. The van der Waals surface area contributed by atoms with Gasteiger partial charge in [0.1, 0.15) is 16.5 Å². The zero-order valence-electron chi connectivity index (χ0n) is 14.3. The van der Waals surface area contributed by atoms with Crippen molar-refractivity contribution in [3.8, 4) is 10.7 Å². The summed E-state index contributed by atoms with van der Waals surface area (Å²) >= 11 is 1.41. The first-order valence-electron chi connectivity index (χ1n) is 8.11. The van der Waals surface area contributed by atoms with E-state index in [2.05, 4.69) is 20.9 Å². The quantitative estimate of drug-likeness (QED) is 0.555. The van der Waals surface area contributed by atoms with E-state index in [1.807, 2.05) is 31.3 Å². The minimum atomic E-state index is -0.352. The maximum absolute atomic E-state index is 13.6. The normalized spacial score (nSPS) is 11.0. The van der Waals surface area contributed by atoms with E-state index in [9.17, 15) is 9.18 Å². The first-order valence-corrected chi connectivity index (χ1v) is 8.99. The molecule has 0 saturated heterocycles. The topological polar surface area (TPSA) is 46.9 Å². The van der Waals surface area contributed by atoms with Crippen molar-refractivity contribution in [3.05, 3.63) is 71.0 Å². The number of halogens is 1. The molecule has 2 aromatic carbocycles. The van der Waals surface area contributed by atoms with Crippen molar-refractivity contribution in [3.63, 3.8) is 0 Å². The minimum absolute atomic E-state index is 0.316. The molecule has 0 aliphatic carbocycles. The molecule has 4 nitrogen and oxygen atoms in total. The van der Waals surface area contributed by atoms with Crippen LogP contribution in [0.2, 0.25) is 0 Å². The van der Waals surface area contributed by atoms with Crippen LogP contribution >= 0.6 is 11.3 Å². The van der Waals surface area contributed by atoms with Gasteiger partial charge >= 0.3 is 0 Å². The maximum Gasteiger partial charge on any atom is 0.275 e. The van der Waals surface area contributed by atoms with Crippen LogP contribution in [0.4, 0.5) is 10.1 Å². The van der Waals surface area contributed by atoms with Gasteiger partial charge in [0, 0.05) is 29.0 Å². The maximum atomic E-state index is 13.6. The number of hydrogen-bond acceptors (Lipinski definition) is 3. The van der Waals surface area contributed by atoms with Crippen molar-refractivity contribution in [2.75, 3.05) is 5.32 Å². The second kappa shape index (κ2) is 6.38. The number of fused-ring (bicyclic) bond motifs is 1. The van der Waals surface area contributed by atoms with E-state index < -0.39 is 0 Å². The summed E-state index contributed by atoms with van der Waals surface area (Å²) in [5.74, 6) is -0.702. The van der Waals surface area contributed by atoms with Crippen LogP contribution in [0, 0.1) is 12.7 Å². The summed E-state index contributed by atoms with van der Waals surface area (Å²) in [6.45, 7) is 1.68. The predicted octanol–water partition coefficient (Wildman–Crippen LogP) is 5.00. The number of aryl methyl sites for hydroxylation is 2. The SMILES string of the molecule is Cc1ccc(NC(=O)c2csc(-c3cc4ccccc4n3C)n2)cc1F. The molecule has 26 heavy (non-hydrogen) atoms. The number of nitrogens with one attached hydrogen (secondary N) is 1. The Bertz CT molecular complexity index is 1130. The average molecular weight is 365 g/mol. The molecule has 0 aliphatic rings. The lowest BCUT2D eigenvalue weighted by Gasteiger charge is -2.04. The van der Waals surface area contributed by atoms with Crippen LogP contribution in [0.1, 0.15) is 16.1 Å². The van der Waals surface area contributed by atoms with Crippen molar-refractivity contribution in [2.24, 2.45) is 7.05 Å². The van der Waals surface area contributed by atoms with Crippen molar-refractivity contribution in [2.45, 2.75) is 6.92 Å². The summed E-state index contributed by atoms with van der Waals surface area (Å²) in [4.78, 5) is 16.9. The third-order valence-corrected chi connectivity index (χ3v) is 5.20. The molecule has 0 fully saturated rings. The van der Waals surface area contributed by atoms with Gasteiger partial charge in [-0.2, -0.15) is 0 Å². The van der Waals surface area contributed by atoms with Crippen molar-refractivity contribution in [1.82, 2.24) is 9.55 Å². The molecule has 0 atom stereocenters. The van der Waals surface area contributed by atoms with Crippen LogP contribution in [0.5, 0.6) is 0 Å². The standard InChI is InChI=1S/C20H16FN3OS/c1-12-7-8-14(10-15(12)21)22-19(25)16-11-26-20(23-16)18-9-13-5-3-4-6-17(13)24(18)2/h3-11H,1-2H3,(H,22,25). The van der Waals surface area contributed by atoms with E-state index in [-0.39, 0.29) is 11.7 Å². The van der Waals surface area contributed by atoms with Gasteiger partial charge in [0.25, 0.3) is 5.91 Å². The van der Waals surface area contributed by atoms with E-state index in [1.54, 1.807) is 24.4 Å². The van der Waals surface area contributed by atoms with Gasteiger partial charge in [0.05, 0.1) is 5.69 Å². The molecule has 4 rings (SSSR count). The Morgan fingerprint density at radius 1 is 1.19 bits per heavy atom. The summed E-state index contributed by atoms with van der Waals surface area (Å²) in [5.41, 5.74) is 3.33. The van der Waals surface area contributed by atoms with E-state index in [0.717, 1.165) is 21.6 Å². The van der Waals surface area contributed by atoms with Crippen LogP contribution in [-0.4, -0.2) is 15.5 Å². The van der Waals surface area contributed by atoms with Gasteiger partial charge < -0.3 is 9.88 Å². The molecule has 2 aromatic heterocycles. The molecule has 0 aliphatic heterocycles. The fourth-order valence-electron chi connectivity index (χ4n) is 2.86. The summed E-state index contributed by atoms with van der Waals surface area (Å²) in [6.07, 6.45) is 0. The predicted molar refractivity (Wildman–Crippen MR) is 103 cm³/mol. The lowest BCUT2D eigenvalue weighted by atomic mass is 10.2. The average Bonchev–Trinajstić information content (AvgIpc) is 3.24. The zero-order valence-corrected chi connectivity index (χ0v) is 15.1. The minimum Gasteiger partial charge on any atom is -0.342 e. The van der Waals surface area contributed by atoms with Crippen LogP contribution in [0.3, 0.4) is 0 Å². The lowest BCUT2D eigenvalue weighted by Crippen LogP contribution is -2.12. The number of carbonyl (C=O) groups is 1. The highest BCUT2D eigenvalue weighted by molar-refractivity contribution is 7.13. The highest BCUT2D eigenvalue weighted by Gasteiger charge is 2.15. The lowest BCUT2D eigenvalue weighted by molar-refractivity contribution is 0.102. The molecule has 0 spiro atoms. The molecule has 130 valence electrons. The molecule has 0 bridgehead atoms. The molecule has 4 aromatic rings. The molecule has 0 saturated carbocycles. The highest BCUT2D eigenvalue weighted by Crippen LogP contribution is 2.29. The summed E-state index contributed by atoms with van der Waals surface area (Å²) in [7, 11) is 1.98. The van der Waals surface area contributed by atoms with Crippen molar-refractivity contribution in [1.29, 1.82) is 0 Å². The Labute approximate surface area is 153 Å². The fourth-order valence-corrected chi connectivity index (χ4v) is 3.71. The van der Waals surface area contributed by atoms with Gasteiger partial charge in [0.2, 0.25) is 0 Å². The highest BCUT2D eigenvalue weighted by atomic mass is 32.1. The molecule has 6 heteroatoms. The molecule has 1 N–H and O–H groups in total. The van der Waals surface area contributed by atoms with Crippen LogP contribution < -0.4 is 5.32 Å². The molecular formula is C20H16FN3OS. The smallest absolute Gasteiger partial charge is 0.275 e. The second-order valence-corrected chi connectivity index (χ2v) is 6.96. The number of thiazole rings is 1. The first-order chi connectivity index (χ1) is 12.5. The van der Waals surface area contributed by atoms with E-state index in [1.165, 1.54) is 17.4 Å². The third-order valence-electron chi connectivity index (χ3n) is 4.34. The fraction of sp³-hybridized carbons (Fsp3) is 0.100. The van der Waals surface area contributed by atoms with E-state index in [0.29, 0.717) is 16.9 Å². The monoisotopic (exact) mass is 365 g/mol. The van der Waals surface area contributed by atoms with Gasteiger partial charge in [-0.25, -0.2) is 9.37 Å². The summed E-state index contributed by atoms with van der Waals surface area (Å²) in [5, 5.41) is 6.30. The molecule has 0 radical (unpaired) electrons. The van der Waals surface area contributed by atoms with Gasteiger partial charge in [-0.3, -0.25) is 4.79 Å². The number of amides is 1. The number of benzene rings is 2. The Hall–Kier alpha value is -2.99. The van der Waals surface area contributed by atoms with Crippen LogP contribution in [0.25, 0.3) is 21.6 Å². The number of hydrogen-bond donors (Lipinski definition) is 1. The number of anilines is 1. The van der Waals surface area contributed by atoms with Gasteiger partial charge in [-0.1, -0.05) is 24.3 Å². The Kier molecular flexibility index (Phi) is 4.05. The van der Waals surface area contributed by atoms with Gasteiger partial charge in [-0.15, -0.1) is 11.3 Å². The molecular weight excluding hydrogens is 349 g/mol. The van der Waals surface area contributed by atoms with E-state index in [4.69, 9.17) is 0 Å². The number of para-hydroxylation sites is 1. The van der Waals surface area contributed by atoms with Crippen molar-refractivity contribution >= 4 is 33.8 Å². The van der Waals surface area contributed by atoms with Crippen molar-refractivity contribution < 1.29 is 9.18 Å². The first kappa shape index (κ1) is 16.5. The number of rotatable bonds is 3. The summed E-state index contributed by atoms with van der Waals surface area (Å²) < 4.78 is 15.7. The largest absolute Gasteiger partial charge is 0.342 e.